The first-order valence-electron chi connectivity index (χ1n) is 5.18. The Kier molecular flexibility index (Phi) is 3.71. The van der Waals surface area contributed by atoms with Crippen LogP contribution in [-0.2, 0) is 0 Å². The first-order chi connectivity index (χ1) is 6.03. The number of nitrogens with two attached hydrogens (primary N) is 1. The minimum Gasteiger partial charge on any atom is -0.388 e. The minimum absolute atomic E-state index is 0.345. The summed E-state index contributed by atoms with van der Waals surface area (Å²) in [6.45, 7) is 7.36. The fourth-order valence-electron chi connectivity index (χ4n) is 1.98. The van der Waals surface area contributed by atoms with Crippen LogP contribution in [0.4, 0.5) is 0 Å². The lowest BCUT2D eigenvalue weighted by atomic mass is 9.98. The van der Waals surface area contributed by atoms with Crippen LogP contribution in [0.1, 0.15) is 26.7 Å². The largest absolute Gasteiger partial charge is 0.388 e. The highest BCUT2D eigenvalue weighted by molar-refractivity contribution is 4.81. The second-order valence-electron chi connectivity index (χ2n) is 4.68. The van der Waals surface area contributed by atoms with Crippen molar-refractivity contribution in [1.82, 2.24) is 4.90 Å². The molecule has 0 spiro atoms. The lowest BCUT2D eigenvalue weighted by Gasteiger charge is -2.35. The number of piperidine rings is 1. The van der Waals surface area contributed by atoms with Gasteiger partial charge in [0.2, 0.25) is 0 Å². The van der Waals surface area contributed by atoms with Gasteiger partial charge in [0.05, 0.1) is 5.60 Å². The molecule has 1 aliphatic rings. The highest BCUT2D eigenvalue weighted by Gasteiger charge is 2.25. The number of nitrogens with zero attached hydrogens (tertiary/aromatic N) is 1. The topological polar surface area (TPSA) is 49.5 Å². The van der Waals surface area contributed by atoms with E-state index in [1.54, 1.807) is 0 Å². The van der Waals surface area contributed by atoms with E-state index in [-0.39, 0.29) is 0 Å². The molecule has 0 aromatic carbocycles. The monoisotopic (exact) mass is 186 g/mol. The maximum Gasteiger partial charge on any atom is 0.0867 e. The molecule has 78 valence electrons. The van der Waals surface area contributed by atoms with Gasteiger partial charge in [-0.1, -0.05) is 6.92 Å². The minimum atomic E-state index is -0.711. The first kappa shape index (κ1) is 11.0. The second-order valence-corrected chi connectivity index (χ2v) is 4.68. The van der Waals surface area contributed by atoms with Crippen LogP contribution in [0.15, 0.2) is 0 Å². The number of rotatable bonds is 3. The van der Waals surface area contributed by atoms with Gasteiger partial charge < -0.3 is 15.7 Å². The van der Waals surface area contributed by atoms with Crippen molar-refractivity contribution in [2.24, 2.45) is 11.7 Å². The Morgan fingerprint density at radius 2 is 2.31 bits per heavy atom. The molecule has 1 fully saturated rings. The number of likely N-dealkylation sites (tertiary alicyclic amines) is 1. The summed E-state index contributed by atoms with van der Waals surface area (Å²) in [5.74, 6) is 0.766. The Morgan fingerprint density at radius 3 is 2.85 bits per heavy atom. The van der Waals surface area contributed by atoms with Crippen LogP contribution in [-0.4, -0.2) is 41.8 Å². The number of hydrogen-bond acceptors (Lipinski definition) is 3. The molecule has 0 aromatic rings. The summed E-state index contributed by atoms with van der Waals surface area (Å²) >= 11 is 0. The summed E-state index contributed by atoms with van der Waals surface area (Å²) in [5.41, 5.74) is 4.77. The van der Waals surface area contributed by atoms with E-state index in [9.17, 15) is 5.11 Å². The predicted molar refractivity (Wildman–Crippen MR) is 54.5 cm³/mol. The van der Waals surface area contributed by atoms with E-state index >= 15 is 0 Å². The third kappa shape index (κ3) is 3.63. The normalized spacial score (nSPS) is 30.0. The fourth-order valence-corrected chi connectivity index (χ4v) is 1.98. The molecule has 0 aromatic heterocycles. The van der Waals surface area contributed by atoms with Gasteiger partial charge in [-0.15, -0.1) is 0 Å². The van der Waals surface area contributed by atoms with Gasteiger partial charge in [0.15, 0.2) is 0 Å². The van der Waals surface area contributed by atoms with E-state index in [0.29, 0.717) is 13.1 Å². The van der Waals surface area contributed by atoms with E-state index in [4.69, 9.17) is 5.73 Å². The van der Waals surface area contributed by atoms with Crippen molar-refractivity contribution in [2.75, 3.05) is 26.2 Å². The molecule has 1 aliphatic heterocycles. The van der Waals surface area contributed by atoms with Gasteiger partial charge in [-0.2, -0.15) is 0 Å². The van der Waals surface area contributed by atoms with E-state index in [1.807, 2.05) is 6.92 Å². The third-order valence-corrected chi connectivity index (χ3v) is 2.75. The van der Waals surface area contributed by atoms with E-state index < -0.39 is 5.60 Å². The zero-order valence-corrected chi connectivity index (χ0v) is 8.79. The van der Waals surface area contributed by atoms with Crippen molar-refractivity contribution >= 4 is 0 Å². The molecular weight excluding hydrogens is 164 g/mol. The molecular formula is C10H22N2O. The quantitative estimate of drug-likeness (QED) is 0.672. The number of β-amino-alcohol motifs (C(OH)–C–C–N with tert-alkyl or cyclic N) is 1. The van der Waals surface area contributed by atoms with Crippen LogP contribution in [0.25, 0.3) is 0 Å². The molecule has 3 nitrogen and oxygen atoms in total. The van der Waals surface area contributed by atoms with E-state index in [2.05, 4.69) is 11.8 Å². The Labute approximate surface area is 80.9 Å². The van der Waals surface area contributed by atoms with Gasteiger partial charge in [0.1, 0.15) is 0 Å². The van der Waals surface area contributed by atoms with Crippen molar-refractivity contribution < 1.29 is 5.11 Å². The summed E-state index contributed by atoms with van der Waals surface area (Å²) in [6.07, 6.45) is 2.57. The van der Waals surface area contributed by atoms with Crippen LogP contribution in [0.3, 0.4) is 0 Å². The van der Waals surface area contributed by atoms with Gasteiger partial charge in [0, 0.05) is 19.6 Å². The van der Waals surface area contributed by atoms with Crippen molar-refractivity contribution in [1.29, 1.82) is 0 Å². The maximum absolute atomic E-state index is 9.80. The summed E-state index contributed by atoms with van der Waals surface area (Å²) in [6, 6.07) is 0. The van der Waals surface area contributed by atoms with Crippen molar-refractivity contribution in [3.8, 4) is 0 Å². The van der Waals surface area contributed by atoms with Gasteiger partial charge >= 0.3 is 0 Å². The van der Waals surface area contributed by atoms with E-state index in [1.165, 1.54) is 12.8 Å². The van der Waals surface area contributed by atoms with Crippen LogP contribution in [0.2, 0.25) is 0 Å². The smallest absolute Gasteiger partial charge is 0.0867 e. The molecule has 0 radical (unpaired) electrons. The zero-order chi connectivity index (χ0) is 9.90. The van der Waals surface area contributed by atoms with Crippen LogP contribution in [0, 0.1) is 5.92 Å². The highest BCUT2D eigenvalue weighted by atomic mass is 16.3. The lowest BCUT2D eigenvalue weighted by Crippen LogP contribution is -2.48. The molecule has 13 heavy (non-hydrogen) atoms. The predicted octanol–water partition coefficient (Wildman–Crippen LogP) is 0.428. The molecule has 0 bridgehead atoms. The Bertz CT molecular complexity index is 159. The van der Waals surface area contributed by atoms with Gasteiger partial charge in [0.25, 0.3) is 0 Å². The first-order valence-corrected chi connectivity index (χ1v) is 5.18. The lowest BCUT2D eigenvalue weighted by molar-refractivity contribution is 0.0153. The van der Waals surface area contributed by atoms with Crippen molar-refractivity contribution in [3.05, 3.63) is 0 Å². The highest BCUT2D eigenvalue weighted by Crippen LogP contribution is 2.17. The van der Waals surface area contributed by atoms with Crippen LogP contribution >= 0.6 is 0 Å². The number of aliphatic hydroxyl groups is 1. The van der Waals surface area contributed by atoms with Gasteiger partial charge in [-0.25, -0.2) is 0 Å². The van der Waals surface area contributed by atoms with E-state index in [0.717, 1.165) is 19.0 Å². The molecule has 3 heteroatoms. The Hall–Kier alpha value is -0.120. The number of hydrogen-bond donors (Lipinski definition) is 2. The van der Waals surface area contributed by atoms with Gasteiger partial charge in [-0.3, -0.25) is 0 Å². The second kappa shape index (κ2) is 4.40. The van der Waals surface area contributed by atoms with Crippen molar-refractivity contribution in [2.45, 2.75) is 32.3 Å². The molecule has 0 aliphatic carbocycles. The summed E-state index contributed by atoms with van der Waals surface area (Å²) in [7, 11) is 0. The average molecular weight is 186 g/mol. The van der Waals surface area contributed by atoms with Crippen LogP contribution in [0.5, 0.6) is 0 Å². The molecule has 2 unspecified atom stereocenters. The van der Waals surface area contributed by atoms with Crippen molar-refractivity contribution in [3.63, 3.8) is 0 Å². The Balaban J connectivity index is 2.35. The molecule has 3 N–H and O–H groups in total. The summed E-state index contributed by atoms with van der Waals surface area (Å²) in [5, 5.41) is 9.80. The average Bonchev–Trinajstić information content (AvgIpc) is 2.03. The zero-order valence-electron chi connectivity index (χ0n) is 8.79. The van der Waals surface area contributed by atoms with Crippen LogP contribution < -0.4 is 5.73 Å². The maximum atomic E-state index is 9.80. The molecule has 0 saturated carbocycles. The fraction of sp³-hybridized carbons (Fsp3) is 1.00. The standard InChI is InChI=1S/C10H22N2O/c1-9-4-3-5-12(6-9)8-10(2,13)7-11/h9,13H,3-8,11H2,1-2H3. The van der Waals surface area contributed by atoms with Gasteiger partial charge in [-0.05, 0) is 32.2 Å². The SMILES string of the molecule is CC1CCCN(CC(C)(O)CN)C1. The third-order valence-electron chi connectivity index (χ3n) is 2.75. The molecule has 0 amide bonds. The Morgan fingerprint density at radius 1 is 1.62 bits per heavy atom. The molecule has 1 heterocycles. The molecule has 1 rings (SSSR count). The molecule has 2 atom stereocenters. The summed E-state index contributed by atoms with van der Waals surface area (Å²) in [4.78, 5) is 2.32. The molecule has 1 saturated heterocycles. The summed E-state index contributed by atoms with van der Waals surface area (Å²) < 4.78 is 0.